The summed E-state index contributed by atoms with van der Waals surface area (Å²) in [6.07, 6.45) is 1.71. The standard InChI is InChI=1S/C28H33N3O3/c1-7-31(8-2)21-13-14-23(19(4)17-21)28(26-22(27(32)34-28)11-10-16-29-26)24-15-12-20(30(5)6)18-25(24)33-9-3/h10-18H,7-9H2,1-6H3. The van der Waals surface area contributed by atoms with Crippen LogP contribution in [0.4, 0.5) is 11.4 Å². The van der Waals surface area contributed by atoms with Gasteiger partial charge in [-0.05, 0) is 69.7 Å². The number of hydrogen-bond donors (Lipinski definition) is 0. The highest BCUT2D eigenvalue weighted by Gasteiger charge is 2.52. The van der Waals surface area contributed by atoms with Crippen molar-refractivity contribution in [3.05, 3.63) is 82.7 Å². The quantitative estimate of drug-likeness (QED) is 0.434. The molecule has 0 aliphatic carbocycles. The molecule has 2 heterocycles. The number of cyclic esters (lactones) is 1. The lowest BCUT2D eigenvalue weighted by atomic mass is 9.80. The molecule has 0 spiro atoms. The van der Waals surface area contributed by atoms with Gasteiger partial charge in [0.1, 0.15) is 11.4 Å². The van der Waals surface area contributed by atoms with Crippen LogP contribution in [0.2, 0.25) is 0 Å². The number of fused-ring (bicyclic) bond motifs is 1. The maximum atomic E-state index is 13.1. The van der Waals surface area contributed by atoms with E-state index in [4.69, 9.17) is 9.47 Å². The highest BCUT2D eigenvalue weighted by Crippen LogP contribution is 2.50. The van der Waals surface area contributed by atoms with Crippen molar-refractivity contribution in [2.45, 2.75) is 33.3 Å². The molecule has 1 atom stereocenters. The Balaban J connectivity index is 2.02. The summed E-state index contributed by atoms with van der Waals surface area (Å²) in [7, 11) is 3.98. The van der Waals surface area contributed by atoms with Gasteiger partial charge in [0.15, 0.2) is 0 Å². The first-order valence-electron chi connectivity index (χ1n) is 11.9. The number of hydrogen-bond acceptors (Lipinski definition) is 6. The molecule has 1 aliphatic heterocycles. The molecule has 0 N–H and O–H groups in total. The van der Waals surface area contributed by atoms with Crippen LogP contribution in [0.25, 0.3) is 0 Å². The molecule has 0 bridgehead atoms. The molecule has 1 unspecified atom stereocenters. The molecule has 6 heteroatoms. The van der Waals surface area contributed by atoms with Crippen LogP contribution in [-0.4, -0.2) is 44.7 Å². The summed E-state index contributed by atoms with van der Waals surface area (Å²) in [5, 5.41) is 0. The van der Waals surface area contributed by atoms with E-state index in [9.17, 15) is 4.79 Å². The summed E-state index contributed by atoms with van der Waals surface area (Å²) < 4.78 is 12.4. The predicted molar refractivity (Wildman–Crippen MR) is 136 cm³/mol. The van der Waals surface area contributed by atoms with E-state index >= 15 is 0 Å². The normalized spacial score (nSPS) is 16.7. The van der Waals surface area contributed by atoms with E-state index in [1.165, 1.54) is 0 Å². The highest BCUT2D eigenvalue weighted by atomic mass is 16.6. The average molecular weight is 460 g/mol. The number of carbonyl (C=O) groups excluding carboxylic acids is 1. The smallest absolute Gasteiger partial charge is 0.341 e. The molecule has 0 saturated carbocycles. The van der Waals surface area contributed by atoms with Gasteiger partial charge in [0.05, 0.1) is 12.2 Å². The van der Waals surface area contributed by atoms with Gasteiger partial charge in [-0.25, -0.2) is 4.79 Å². The maximum Gasteiger partial charge on any atom is 0.341 e. The number of nitrogens with zero attached hydrogens (tertiary/aromatic N) is 3. The van der Waals surface area contributed by atoms with Gasteiger partial charge in [0.2, 0.25) is 5.60 Å². The average Bonchev–Trinajstić information content (AvgIpc) is 3.13. The Kier molecular flexibility index (Phi) is 6.51. The fraction of sp³-hybridized carbons (Fsp3) is 0.357. The van der Waals surface area contributed by atoms with Crippen LogP contribution in [0.15, 0.2) is 54.7 Å². The van der Waals surface area contributed by atoms with Crippen molar-refractivity contribution < 1.29 is 14.3 Å². The van der Waals surface area contributed by atoms with Crippen LogP contribution in [0.5, 0.6) is 5.75 Å². The Morgan fingerprint density at radius 2 is 1.68 bits per heavy atom. The van der Waals surface area contributed by atoms with Crippen LogP contribution in [-0.2, 0) is 10.3 Å². The summed E-state index contributed by atoms with van der Waals surface area (Å²) in [6.45, 7) is 10.6. The zero-order valence-electron chi connectivity index (χ0n) is 20.9. The Labute approximate surface area is 202 Å². The maximum absolute atomic E-state index is 13.1. The van der Waals surface area contributed by atoms with Gasteiger partial charge in [-0.15, -0.1) is 0 Å². The molecule has 0 radical (unpaired) electrons. The summed E-state index contributed by atoms with van der Waals surface area (Å²) in [4.78, 5) is 22.1. The second-order valence-electron chi connectivity index (χ2n) is 8.65. The zero-order valence-corrected chi connectivity index (χ0v) is 20.9. The molecule has 0 amide bonds. The first kappa shape index (κ1) is 23.6. The van der Waals surface area contributed by atoms with Crippen LogP contribution >= 0.6 is 0 Å². The SMILES string of the molecule is CCOc1cc(N(C)C)ccc1C1(c2ccc(N(CC)CC)cc2C)OC(=O)c2cccnc21. The first-order valence-corrected chi connectivity index (χ1v) is 11.9. The number of carbonyl (C=O) groups is 1. The summed E-state index contributed by atoms with van der Waals surface area (Å²) in [5.74, 6) is 0.293. The lowest BCUT2D eigenvalue weighted by Gasteiger charge is -2.33. The van der Waals surface area contributed by atoms with Crippen LogP contribution in [0, 0.1) is 6.92 Å². The van der Waals surface area contributed by atoms with Gasteiger partial charge in [0.25, 0.3) is 0 Å². The second kappa shape index (κ2) is 9.37. The topological polar surface area (TPSA) is 54.9 Å². The number of anilines is 2. The van der Waals surface area contributed by atoms with Crippen LogP contribution in [0.3, 0.4) is 0 Å². The van der Waals surface area contributed by atoms with E-state index < -0.39 is 5.60 Å². The minimum Gasteiger partial charge on any atom is -0.493 e. The minimum atomic E-state index is -1.20. The number of aryl methyl sites for hydroxylation is 1. The molecular formula is C28H33N3O3. The Bertz CT molecular complexity index is 1200. The van der Waals surface area contributed by atoms with E-state index in [-0.39, 0.29) is 5.97 Å². The molecule has 0 fully saturated rings. The van der Waals surface area contributed by atoms with E-state index in [2.05, 4.69) is 48.9 Å². The molecule has 178 valence electrons. The van der Waals surface area contributed by atoms with E-state index in [1.807, 2.05) is 44.1 Å². The molecule has 6 nitrogen and oxygen atoms in total. The number of ether oxygens (including phenoxy) is 2. The second-order valence-corrected chi connectivity index (χ2v) is 8.65. The number of aromatic nitrogens is 1. The molecule has 1 aromatic heterocycles. The minimum absolute atomic E-state index is 0.380. The third-order valence-corrected chi connectivity index (χ3v) is 6.49. The summed E-state index contributed by atoms with van der Waals surface area (Å²) >= 11 is 0. The summed E-state index contributed by atoms with van der Waals surface area (Å²) in [5.41, 5.74) is 4.69. The molecular weight excluding hydrogens is 426 g/mol. The van der Waals surface area contributed by atoms with Crippen molar-refractivity contribution in [1.82, 2.24) is 4.98 Å². The van der Waals surface area contributed by atoms with Gasteiger partial charge in [-0.2, -0.15) is 0 Å². The van der Waals surface area contributed by atoms with Gasteiger partial charge in [-0.1, -0.05) is 6.07 Å². The monoisotopic (exact) mass is 459 g/mol. The van der Waals surface area contributed by atoms with Gasteiger partial charge < -0.3 is 19.3 Å². The number of benzene rings is 2. The Hall–Kier alpha value is -3.54. The number of esters is 1. The fourth-order valence-electron chi connectivity index (χ4n) is 4.79. The molecule has 1 aliphatic rings. The third-order valence-electron chi connectivity index (χ3n) is 6.49. The van der Waals surface area contributed by atoms with Crippen molar-refractivity contribution in [2.24, 2.45) is 0 Å². The summed E-state index contributed by atoms with van der Waals surface area (Å²) in [6, 6.07) is 15.9. The predicted octanol–water partition coefficient (Wildman–Crippen LogP) is 5.16. The number of rotatable bonds is 8. The molecule has 2 aromatic carbocycles. The third kappa shape index (κ3) is 3.77. The van der Waals surface area contributed by atoms with Crippen molar-refractivity contribution in [1.29, 1.82) is 0 Å². The van der Waals surface area contributed by atoms with Crippen molar-refractivity contribution in [3.63, 3.8) is 0 Å². The fourth-order valence-corrected chi connectivity index (χ4v) is 4.79. The lowest BCUT2D eigenvalue weighted by Crippen LogP contribution is -2.32. The van der Waals surface area contributed by atoms with Crippen LogP contribution in [0.1, 0.15) is 53.5 Å². The van der Waals surface area contributed by atoms with Gasteiger partial charge in [-0.3, -0.25) is 4.98 Å². The van der Waals surface area contributed by atoms with E-state index in [0.29, 0.717) is 23.6 Å². The van der Waals surface area contributed by atoms with Crippen molar-refractivity contribution in [2.75, 3.05) is 43.6 Å². The molecule has 4 rings (SSSR count). The van der Waals surface area contributed by atoms with Gasteiger partial charge in [0, 0.05) is 61.9 Å². The number of pyridine rings is 1. The zero-order chi connectivity index (χ0) is 24.5. The Morgan fingerprint density at radius 1 is 0.971 bits per heavy atom. The first-order chi connectivity index (χ1) is 16.4. The molecule has 3 aromatic rings. The van der Waals surface area contributed by atoms with Crippen molar-refractivity contribution >= 4 is 17.3 Å². The molecule has 0 saturated heterocycles. The van der Waals surface area contributed by atoms with E-state index in [0.717, 1.165) is 41.2 Å². The van der Waals surface area contributed by atoms with Gasteiger partial charge >= 0.3 is 5.97 Å². The lowest BCUT2D eigenvalue weighted by molar-refractivity contribution is 0.0234. The largest absolute Gasteiger partial charge is 0.493 e. The van der Waals surface area contributed by atoms with Crippen LogP contribution < -0.4 is 14.5 Å². The Morgan fingerprint density at radius 3 is 2.32 bits per heavy atom. The highest BCUT2D eigenvalue weighted by molar-refractivity contribution is 5.96. The molecule has 34 heavy (non-hydrogen) atoms. The van der Waals surface area contributed by atoms with E-state index in [1.54, 1.807) is 18.3 Å². The van der Waals surface area contributed by atoms with Crippen molar-refractivity contribution in [3.8, 4) is 5.75 Å².